The number of piperazine rings is 1. The van der Waals surface area contributed by atoms with Crippen molar-refractivity contribution in [2.24, 2.45) is 0 Å². The molecule has 0 aromatic rings. The molecule has 0 aliphatic carbocycles. The lowest BCUT2D eigenvalue weighted by Gasteiger charge is -2.39. The van der Waals surface area contributed by atoms with Crippen LogP contribution in [0.25, 0.3) is 0 Å². The van der Waals surface area contributed by atoms with Gasteiger partial charge in [-0.3, -0.25) is 9.80 Å². The Hall–Kier alpha value is -0.120. The molecule has 2 aliphatic rings. The fourth-order valence-corrected chi connectivity index (χ4v) is 2.70. The van der Waals surface area contributed by atoms with Crippen LogP contribution in [-0.2, 0) is 0 Å². The fourth-order valence-electron chi connectivity index (χ4n) is 2.70. The average molecular weight is 183 g/mol. The third-order valence-corrected chi connectivity index (χ3v) is 3.25. The van der Waals surface area contributed by atoms with E-state index in [1.807, 2.05) is 0 Å². The van der Waals surface area contributed by atoms with Gasteiger partial charge in [-0.05, 0) is 19.9 Å². The quantitative estimate of drug-likeness (QED) is 0.665. The smallest absolute Gasteiger partial charge is 0.0779 e. The Morgan fingerprint density at radius 3 is 2.92 bits per heavy atom. The third kappa shape index (κ3) is 1.73. The first kappa shape index (κ1) is 9.44. The predicted octanol–water partition coefficient (Wildman–Crippen LogP) is 0.332. The molecule has 1 unspecified atom stereocenters. The molecule has 2 heterocycles. The van der Waals surface area contributed by atoms with E-state index in [4.69, 9.17) is 0 Å². The van der Waals surface area contributed by atoms with Gasteiger partial charge >= 0.3 is 0 Å². The van der Waals surface area contributed by atoms with Crippen molar-refractivity contribution < 1.29 is 0 Å². The Bertz CT molecular complexity index is 172. The summed E-state index contributed by atoms with van der Waals surface area (Å²) in [5.41, 5.74) is 0. The summed E-state index contributed by atoms with van der Waals surface area (Å²) in [6, 6.07) is 0.641. The van der Waals surface area contributed by atoms with Gasteiger partial charge in [-0.1, -0.05) is 6.92 Å². The Labute approximate surface area is 81.1 Å². The third-order valence-electron chi connectivity index (χ3n) is 3.25. The van der Waals surface area contributed by atoms with E-state index in [0.717, 1.165) is 6.54 Å². The van der Waals surface area contributed by atoms with Gasteiger partial charge in [0.2, 0.25) is 0 Å². The van der Waals surface area contributed by atoms with E-state index in [1.54, 1.807) is 0 Å². The van der Waals surface area contributed by atoms with Crippen LogP contribution in [-0.4, -0.2) is 54.7 Å². The molecule has 0 aromatic heterocycles. The van der Waals surface area contributed by atoms with Crippen molar-refractivity contribution >= 4 is 0 Å². The Balaban J connectivity index is 2.00. The summed E-state index contributed by atoms with van der Waals surface area (Å²) >= 11 is 0. The fraction of sp³-hybridized carbons (Fsp3) is 1.00. The molecule has 2 aliphatic heterocycles. The van der Waals surface area contributed by atoms with Crippen LogP contribution in [0.4, 0.5) is 0 Å². The molecule has 0 saturated carbocycles. The minimum atomic E-state index is 0.641. The van der Waals surface area contributed by atoms with Gasteiger partial charge in [0.25, 0.3) is 0 Å². The molecular formula is C10H21N3. The molecular weight excluding hydrogens is 162 g/mol. The molecule has 0 radical (unpaired) electrons. The summed E-state index contributed by atoms with van der Waals surface area (Å²) in [4.78, 5) is 5.24. The minimum Gasteiger partial charge on any atom is -0.310 e. The molecule has 76 valence electrons. The van der Waals surface area contributed by atoms with Gasteiger partial charge in [-0.25, -0.2) is 0 Å². The summed E-state index contributed by atoms with van der Waals surface area (Å²) in [5, 5.41) is 3.56. The van der Waals surface area contributed by atoms with E-state index in [2.05, 4.69) is 29.0 Å². The van der Waals surface area contributed by atoms with E-state index in [1.165, 1.54) is 32.6 Å². The molecule has 0 amide bonds. The standard InChI is InChI=1S/C10H21N3/c1-3-5-12-7-8-13-6-4-11-9(2)10(12)13/h9-11H,3-8H2,1-2H3/t9-,10?/m0/s1. The minimum absolute atomic E-state index is 0.641. The second-order valence-corrected chi connectivity index (χ2v) is 4.23. The van der Waals surface area contributed by atoms with E-state index >= 15 is 0 Å². The van der Waals surface area contributed by atoms with E-state index < -0.39 is 0 Å². The van der Waals surface area contributed by atoms with Crippen LogP contribution >= 0.6 is 0 Å². The number of rotatable bonds is 2. The topological polar surface area (TPSA) is 18.5 Å². The largest absolute Gasteiger partial charge is 0.310 e. The van der Waals surface area contributed by atoms with Gasteiger partial charge < -0.3 is 5.32 Å². The lowest BCUT2D eigenvalue weighted by Crippen LogP contribution is -2.58. The first-order valence-electron chi connectivity index (χ1n) is 5.54. The molecule has 0 spiro atoms. The number of fused-ring (bicyclic) bond motifs is 1. The zero-order valence-corrected chi connectivity index (χ0v) is 8.79. The number of hydrogen-bond donors (Lipinski definition) is 1. The molecule has 13 heavy (non-hydrogen) atoms. The molecule has 3 heteroatoms. The van der Waals surface area contributed by atoms with Crippen molar-refractivity contribution in [1.29, 1.82) is 0 Å². The molecule has 2 rings (SSSR count). The number of nitrogens with zero attached hydrogens (tertiary/aromatic N) is 2. The highest BCUT2D eigenvalue weighted by Crippen LogP contribution is 2.19. The SMILES string of the molecule is CCCN1CCN2CCN[C@@H](C)C12. The molecule has 2 saturated heterocycles. The maximum absolute atomic E-state index is 3.56. The average Bonchev–Trinajstić information content (AvgIpc) is 2.51. The zero-order valence-electron chi connectivity index (χ0n) is 8.79. The molecule has 0 aromatic carbocycles. The highest BCUT2D eigenvalue weighted by atomic mass is 15.4. The van der Waals surface area contributed by atoms with Gasteiger partial charge in [-0.2, -0.15) is 0 Å². The van der Waals surface area contributed by atoms with Gasteiger partial charge in [-0.15, -0.1) is 0 Å². The predicted molar refractivity (Wildman–Crippen MR) is 54.7 cm³/mol. The maximum Gasteiger partial charge on any atom is 0.0779 e. The summed E-state index contributed by atoms with van der Waals surface area (Å²) in [6.07, 6.45) is 1.95. The van der Waals surface area contributed by atoms with Crippen LogP contribution in [0.5, 0.6) is 0 Å². The molecule has 0 bridgehead atoms. The monoisotopic (exact) mass is 183 g/mol. The van der Waals surface area contributed by atoms with Crippen LogP contribution in [0, 0.1) is 0 Å². The van der Waals surface area contributed by atoms with Crippen LogP contribution in [0.2, 0.25) is 0 Å². The van der Waals surface area contributed by atoms with Crippen molar-refractivity contribution in [3.05, 3.63) is 0 Å². The summed E-state index contributed by atoms with van der Waals surface area (Å²) in [7, 11) is 0. The van der Waals surface area contributed by atoms with Crippen molar-refractivity contribution in [2.75, 3.05) is 32.7 Å². The van der Waals surface area contributed by atoms with Crippen molar-refractivity contribution in [2.45, 2.75) is 32.5 Å². The lowest BCUT2D eigenvalue weighted by atomic mass is 10.2. The number of nitrogens with one attached hydrogen (secondary N) is 1. The van der Waals surface area contributed by atoms with E-state index in [-0.39, 0.29) is 0 Å². The van der Waals surface area contributed by atoms with Gasteiger partial charge in [0.15, 0.2) is 0 Å². The zero-order chi connectivity index (χ0) is 9.26. The first-order valence-corrected chi connectivity index (χ1v) is 5.54. The van der Waals surface area contributed by atoms with E-state index in [9.17, 15) is 0 Å². The molecule has 2 atom stereocenters. The van der Waals surface area contributed by atoms with Crippen LogP contribution in [0.1, 0.15) is 20.3 Å². The van der Waals surface area contributed by atoms with Gasteiger partial charge in [0, 0.05) is 32.2 Å². The Kier molecular flexibility index (Phi) is 2.86. The summed E-state index contributed by atoms with van der Waals surface area (Å²) in [5.74, 6) is 0. The summed E-state index contributed by atoms with van der Waals surface area (Å²) in [6.45, 7) is 10.8. The van der Waals surface area contributed by atoms with Crippen molar-refractivity contribution in [3.63, 3.8) is 0 Å². The Morgan fingerprint density at radius 2 is 2.15 bits per heavy atom. The van der Waals surface area contributed by atoms with Crippen molar-refractivity contribution in [1.82, 2.24) is 15.1 Å². The van der Waals surface area contributed by atoms with Gasteiger partial charge in [0.05, 0.1) is 6.17 Å². The maximum atomic E-state index is 3.56. The summed E-state index contributed by atoms with van der Waals surface area (Å²) < 4.78 is 0. The highest BCUT2D eigenvalue weighted by molar-refractivity contribution is 4.91. The highest BCUT2D eigenvalue weighted by Gasteiger charge is 2.36. The van der Waals surface area contributed by atoms with Crippen LogP contribution < -0.4 is 5.32 Å². The molecule has 2 fully saturated rings. The Morgan fingerprint density at radius 1 is 1.31 bits per heavy atom. The second-order valence-electron chi connectivity index (χ2n) is 4.23. The normalized spacial score (nSPS) is 36.5. The second kappa shape index (κ2) is 3.95. The lowest BCUT2D eigenvalue weighted by molar-refractivity contribution is 0.0756. The van der Waals surface area contributed by atoms with E-state index in [0.29, 0.717) is 12.2 Å². The first-order chi connectivity index (χ1) is 6.33. The molecule has 1 N–H and O–H groups in total. The van der Waals surface area contributed by atoms with Crippen LogP contribution in [0.15, 0.2) is 0 Å². The van der Waals surface area contributed by atoms with Crippen LogP contribution in [0.3, 0.4) is 0 Å². The molecule has 3 nitrogen and oxygen atoms in total. The number of hydrogen-bond acceptors (Lipinski definition) is 3. The van der Waals surface area contributed by atoms with Crippen molar-refractivity contribution in [3.8, 4) is 0 Å². The van der Waals surface area contributed by atoms with Gasteiger partial charge in [0.1, 0.15) is 0 Å².